The predicted molar refractivity (Wildman–Crippen MR) is 62.0 cm³/mol. The van der Waals surface area contributed by atoms with Crippen molar-refractivity contribution in [1.82, 2.24) is 9.97 Å². The molecule has 1 heterocycles. The molecular weight excluding hydrogens is 208 g/mol. The van der Waals surface area contributed by atoms with E-state index in [9.17, 15) is 0 Å². The number of hydrogen-bond donors (Lipinski definition) is 0. The van der Waals surface area contributed by atoms with Crippen molar-refractivity contribution in [1.29, 1.82) is 0 Å². The Kier molecular flexibility index (Phi) is 2.72. The van der Waals surface area contributed by atoms with E-state index in [4.69, 9.17) is 11.6 Å². The highest BCUT2D eigenvalue weighted by Crippen LogP contribution is 2.36. The molecule has 0 spiro atoms. The number of aryl methyl sites for hydroxylation is 1. The Bertz CT molecular complexity index is 368. The molecular formula is C12H17ClN2. The molecule has 0 saturated carbocycles. The minimum Gasteiger partial charge on any atom is -0.226 e. The molecule has 3 heteroatoms. The van der Waals surface area contributed by atoms with Crippen LogP contribution < -0.4 is 0 Å². The maximum absolute atomic E-state index is 5.78. The molecule has 0 saturated heterocycles. The van der Waals surface area contributed by atoms with Crippen molar-refractivity contribution in [2.45, 2.75) is 40.0 Å². The molecule has 1 aromatic rings. The van der Waals surface area contributed by atoms with Gasteiger partial charge in [-0.25, -0.2) is 9.97 Å². The number of fused-ring (bicyclic) bond motifs is 1. The zero-order valence-corrected chi connectivity index (χ0v) is 10.3. The molecule has 0 aromatic carbocycles. The zero-order valence-electron chi connectivity index (χ0n) is 9.55. The second-order valence-corrected chi connectivity index (χ2v) is 5.75. The van der Waals surface area contributed by atoms with Gasteiger partial charge in [0.05, 0.1) is 0 Å². The molecule has 0 aliphatic heterocycles. The van der Waals surface area contributed by atoms with Crippen LogP contribution in [0.2, 0.25) is 5.28 Å². The average molecular weight is 225 g/mol. The fraction of sp³-hybridized carbons (Fsp3) is 0.667. The van der Waals surface area contributed by atoms with Crippen LogP contribution in [0.3, 0.4) is 0 Å². The van der Waals surface area contributed by atoms with Crippen LogP contribution >= 0.6 is 11.6 Å². The van der Waals surface area contributed by atoms with E-state index in [1.807, 2.05) is 6.20 Å². The molecule has 1 aliphatic rings. The molecule has 1 aromatic heterocycles. The van der Waals surface area contributed by atoms with Gasteiger partial charge in [-0.1, -0.05) is 20.8 Å². The highest BCUT2D eigenvalue weighted by molar-refractivity contribution is 6.28. The lowest BCUT2D eigenvalue weighted by Gasteiger charge is -2.34. The van der Waals surface area contributed by atoms with Crippen LogP contribution in [0.1, 0.15) is 38.4 Å². The van der Waals surface area contributed by atoms with Crippen LogP contribution in [0.4, 0.5) is 0 Å². The van der Waals surface area contributed by atoms with E-state index in [0.717, 1.165) is 24.5 Å². The van der Waals surface area contributed by atoms with Crippen molar-refractivity contribution in [3.05, 3.63) is 22.7 Å². The Morgan fingerprint density at radius 1 is 1.40 bits per heavy atom. The third-order valence-corrected chi connectivity index (χ3v) is 3.53. The monoisotopic (exact) mass is 224 g/mol. The number of nitrogens with zero attached hydrogens (tertiary/aromatic N) is 2. The van der Waals surface area contributed by atoms with Gasteiger partial charge < -0.3 is 0 Å². The maximum Gasteiger partial charge on any atom is 0.222 e. The quantitative estimate of drug-likeness (QED) is 0.632. The number of rotatable bonds is 0. The van der Waals surface area contributed by atoms with Crippen LogP contribution in [0.15, 0.2) is 6.20 Å². The zero-order chi connectivity index (χ0) is 11.1. The molecule has 0 fully saturated rings. The largest absolute Gasteiger partial charge is 0.226 e. The Labute approximate surface area is 96.1 Å². The second-order valence-electron chi connectivity index (χ2n) is 5.42. The lowest BCUT2D eigenvalue weighted by molar-refractivity contribution is 0.214. The predicted octanol–water partition coefficient (Wildman–Crippen LogP) is 3.28. The van der Waals surface area contributed by atoms with E-state index < -0.39 is 0 Å². The standard InChI is InChI=1S/C12H17ClN2/c1-12(2,3)9-4-5-10-8(6-9)7-14-11(13)15-10/h7,9H,4-6H2,1-3H3. The van der Waals surface area contributed by atoms with Crippen molar-refractivity contribution in [2.75, 3.05) is 0 Å². The smallest absolute Gasteiger partial charge is 0.222 e. The summed E-state index contributed by atoms with van der Waals surface area (Å²) >= 11 is 5.78. The Hall–Kier alpha value is -0.630. The summed E-state index contributed by atoms with van der Waals surface area (Å²) in [7, 11) is 0. The van der Waals surface area contributed by atoms with Gasteiger partial charge in [0.2, 0.25) is 5.28 Å². The van der Waals surface area contributed by atoms with E-state index >= 15 is 0 Å². The summed E-state index contributed by atoms with van der Waals surface area (Å²) in [5.41, 5.74) is 2.80. The van der Waals surface area contributed by atoms with E-state index in [2.05, 4.69) is 30.7 Å². The molecule has 2 nitrogen and oxygen atoms in total. The van der Waals surface area contributed by atoms with E-state index in [1.54, 1.807) is 0 Å². The molecule has 0 amide bonds. The topological polar surface area (TPSA) is 25.8 Å². The molecule has 2 rings (SSSR count). The van der Waals surface area contributed by atoms with E-state index in [0.29, 0.717) is 10.7 Å². The molecule has 0 N–H and O–H groups in total. The highest BCUT2D eigenvalue weighted by Gasteiger charge is 2.29. The molecule has 0 radical (unpaired) electrons. The molecule has 1 atom stereocenters. The first-order chi connectivity index (χ1) is 6.97. The van der Waals surface area contributed by atoms with Gasteiger partial charge in [-0.3, -0.25) is 0 Å². The minimum atomic E-state index is 0.372. The van der Waals surface area contributed by atoms with Crippen molar-refractivity contribution in [3.63, 3.8) is 0 Å². The summed E-state index contributed by atoms with van der Waals surface area (Å²) in [6, 6.07) is 0. The molecule has 82 valence electrons. The molecule has 1 unspecified atom stereocenters. The lowest BCUT2D eigenvalue weighted by Crippen LogP contribution is -2.27. The van der Waals surface area contributed by atoms with Gasteiger partial charge in [0.1, 0.15) is 0 Å². The average Bonchev–Trinajstić information content (AvgIpc) is 2.15. The lowest BCUT2D eigenvalue weighted by atomic mass is 9.72. The second kappa shape index (κ2) is 3.75. The normalized spacial score (nSPS) is 21.2. The Morgan fingerprint density at radius 2 is 2.13 bits per heavy atom. The maximum atomic E-state index is 5.78. The van der Waals surface area contributed by atoms with E-state index in [-0.39, 0.29) is 0 Å². The van der Waals surface area contributed by atoms with Crippen molar-refractivity contribution >= 4 is 11.6 Å². The highest BCUT2D eigenvalue weighted by atomic mass is 35.5. The van der Waals surface area contributed by atoms with Crippen molar-refractivity contribution in [2.24, 2.45) is 11.3 Å². The fourth-order valence-electron chi connectivity index (χ4n) is 2.22. The van der Waals surface area contributed by atoms with Gasteiger partial charge in [0, 0.05) is 11.9 Å². The summed E-state index contributed by atoms with van der Waals surface area (Å²) < 4.78 is 0. The van der Waals surface area contributed by atoms with Crippen LogP contribution in [-0.4, -0.2) is 9.97 Å². The summed E-state index contributed by atoms with van der Waals surface area (Å²) in [4.78, 5) is 8.35. The van der Waals surface area contributed by atoms with Gasteiger partial charge >= 0.3 is 0 Å². The third-order valence-electron chi connectivity index (χ3n) is 3.35. The first-order valence-electron chi connectivity index (χ1n) is 5.47. The molecule has 0 bridgehead atoms. The summed E-state index contributed by atoms with van der Waals surface area (Å²) in [6.45, 7) is 6.91. The minimum absolute atomic E-state index is 0.372. The summed E-state index contributed by atoms with van der Waals surface area (Å²) in [5, 5.41) is 0.378. The van der Waals surface area contributed by atoms with Gasteiger partial charge in [-0.05, 0) is 47.8 Å². The van der Waals surface area contributed by atoms with Gasteiger partial charge in [0.15, 0.2) is 0 Å². The first kappa shape index (κ1) is 10.9. The Balaban J connectivity index is 2.24. The van der Waals surface area contributed by atoms with Gasteiger partial charge in [-0.2, -0.15) is 0 Å². The summed E-state index contributed by atoms with van der Waals surface area (Å²) in [5.74, 6) is 0.731. The van der Waals surface area contributed by atoms with Crippen LogP contribution in [0.5, 0.6) is 0 Å². The number of aromatic nitrogens is 2. The van der Waals surface area contributed by atoms with Gasteiger partial charge in [-0.15, -0.1) is 0 Å². The van der Waals surface area contributed by atoms with Crippen LogP contribution in [-0.2, 0) is 12.8 Å². The van der Waals surface area contributed by atoms with Crippen LogP contribution in [0, 0.1) is 11.3 Å². The van der Waals surface area contributed by atoms with Gasteiger partial charge in [0.25, 0.3) is 0 Å². The first-order valence-corrected chi connectivity index (χ1v) is 5.85. The Morgan fingerprint density at radius 3 is 2.80 bits per heavy atom. The van der Waals surface area contributed by atoms with Crippen LogP contribution in [0.25, 0.3) is 0 Å². The van der Waals surface area contributed by atoms with Crippen molar-refractivity contribution < 1.29 is 0 Å². The molecule has 15 heavy (non-hydrogen) atoms. The molecule has 1 aliphatic carbocycles. The number of halogens is 1. The van der Waals surface area contributed by atoms with E-state index in [1.165, 1.54) is 12.0 Å². The number of hydrogen-bond acceptors (Lipinski definition) is 2. The SMILES string of the molecule is CC(C)(C)C1CCc2nc(Cl)ncc2C1. The summed E-state index contributed by atoms with van der Waals surface area (Å²) in [6.07, 6.45) is 5.24. The third kappa shape index (κ3) is 2.31. The van der Waals surface area contributed by atoms with Crippen molar-refractivity contribution in [3.8, 4) is 0 Å². The fourth-order valence-corrected chi connectivity index (χ4v) is 2.37.